The van der Waals surface area contributed by atoms with E-state index in [1.54, 1.807) is 0 Å². The van der Waals surface area contributed by atoms with Crippen LogP contribution in [-0.4, -0.2) is 41.3 Å². The zero-order valence-electron chi connectivity index (χ0n) is 15.6. The first-order chi connectivity index (χ1) is 13.6. The molecule has 1 saturated heterocycles. The highest BCUT2D eigenvalue weighted by molar-refractivity contribution is 7.92. The number of anilines is 1. The number of rotatable bonds is 6. The van der Waals surface area contributed by atoms with E-state index in [4.69, 9.17) is 4.74 Å². The van der Waals surface area contributed by atoms with Crippen molar-refractivity contribution in [2.24, 2.45) is 0 Å². The second-order valence-electron chi connectivity index (χ2n) is 6.51. The van der Waals surface area contributed by atoms with Crippen LogP contribution in [0.3, 0.4) is 0 Å². The Bertz CT molecular complexity index is 1120. The van der Waals surface area contributed by atoms with Gasteiger partial charge >= 0.3 is 0 Å². The molecule has 0 spiro atoms. The minimum Gasteiger partial charge on any atom is -0.495 e. The number of piperidine rings is 1. The molecular weight excluding hydrogens is 426 g/mol. The van der Waals surface area contributed by atoms with Gasteiger partial charge in [-0.2, -0.15) is 4.31 Å². The quantitative estimate of drug-likeness (QED) is 0.737. The van der Waals surface area contributed by atoms with Gasteiger partial charge in [0.05, 0.1) is 17.7 Å². The van der Waals surface area contributed by atoms with Crippen LogP contribution in [0, 0.1) is 11.6 Å². The highest BCUT2D eigenvalue weighted by Crippen LogP contribution is 2.32. The summed E-state index contributed by atoms with van der Waals surface area (Å²) in [4.78, 5) is -0.667. The normalized spacial score (nSPS) is 15.8. The molecule has 0 aromatic heterocycles. The maximum absolute atomic E-state index is 13.4. The highest BCUT2D eigenvalue weighted by Gasteiger charge is 2.29. The zero-order chi connectivity index (χ0) is 21.2. The van der Waals surface area contributed by atoms with Crippen molar-refractivity contribution >= 4 is 25.7 Å². The van der Waals surface area contributed by atoms with Gasteiger partial charge in [0, 0.05) is 13.1 Å². The van der Waals surface area contributed by atoms with Crippen molar-refractivity contribution in [3.63, 3.8) is 0 Å². The molecule has 29 heavy (non-hydrogen) atoms. The van der Waals surface area contributed by atoms with Crippen molar-refractivity contribution in [2.75, 3.05) is 24.9 Å². The summed E-state index contributed by atoms with van der Waals surface area (Å²) >= 11 is 0. The number of sulfonamides is 2. The smallest absolute Gasteiger partial charge is 0.261 e. The number of benzene rings is 2. The molecule has 0 aliphatic carbocycles. The van der Waals surface area contributed by atoms with E-state index >= 15 is 0 Å². The highest BCUT2D eigenvalue weighted by atomic mass is 32.2. The van der Waals surface area contributed by atoms with Crippen LogP contribution < -0.4 is 9.46 Å². The number of hydrogen-bond donors (Lipinski definition) is 1. The second kappa shape index (κ2) is 8.25. The summed E-state index contributed by atoms with van der Waals surface area (Å²) in [6.07, 6.45) is 2.42. The fraction of sp³-hybridized carbons (Fsp3) is 0.333. The minimum absolute atomic E-state index is 0.0499. The number of ether oxygens (including phenoxy) is 1. The van der Waals surface area contributed by atoms with Crippen molar-refractivity contribution in [2.45, 2.75) is 29.1 Å². The first-order valence-electron chi connectivity index (χ1n) is 8.81. The Kier molecular flexibility index (Phi) is 6.11. The Morgan fingerprint density at radius 1 is 0.931 bits per heavy atom. The zero-order valence-corrected chi connectivity index (χ0v) is 17.2. The minimum atomic E-state index is -4.27. The molecule has 158 valence electrons. The Hall–Kier alpha value is -2.24. The third-order valence-corrected chi connectivity index (χ3v) is 7.85. The Morgan fingerprint density at radius 2 is 1.62 bits per heavy atom. The molecule has 0 unspecified atom stereocenters. The topological polar surface area (TPSA) is 92.8 Å². The van der Waals surface area contributed by atoms with Crippen molar-refractivity contribution in [1.82, 2.24) is 4.31 Å². The first-order valence-corrected chi connectivity index (χ1v) is 11.7. The van der Waals surface area contributed by atoms with Crippen LogP contribution in [0.1, 0.15) is 19.3 Å². The summed E-state index contributed by atoms with van der Waals surface area (Å²) in [5.41, 5.74) is -0.0499. The molecule has 1 heterocycles. The maximum atomic E-state index is 13.4. The van der Waals surface area contributed by atoms with Gasteiger partial charge in [0.25, 0.3) is 10.0 Å². The summed E-state index contributed by atoms with van der Waals surface area (Å²) in [6, 6.07) is 5.97. The van der Waals surface area contributed by atoms with E-state index in [0.29, 0.717) is 25.2 Å². The second-order valence-corrected chi connectivity index (χ2v) is 10.1. The van der Waals surface area contributed by atoms with Gasteiger partial charge in [0.1, 0.15) is 10.6 Å². The van der Waals surface area contributed by atoms with Gasteiger partial charge in [-0.3, -0.25) is 4.72 Å². The van der Waals surface area contributed by atoms with Crippen LogP contribution >= 0.6 is 0 Å². The van der Waals surface area contributed by atoms with Crippen LogP contribution in [-0.2, 0) is 20.0 Å². The Labute approximate surface area is 168 Å². The molecule has 1 aliphatic rings. The number of hydrogen-bond acceptors (Lipinski definition) is 5. The third kappa shape index (κ3) is 4.51. The first kappa shape index (κ1) is 21.5. The molecule has 0 atom stereocenters. The monoisotopic (exact) mass is 446 g/mol. The van der Waals surface area contributed by atoms with Crippen LogP contribution in [0.5, 0.6) is 5.75 Å². The SMILES string of the molecule is COc1ccc(NS(=O)(=O)c2ccc(F)c(F)c2)cc1S(=O)(=O)N1CCCCC1. The average Bonchev–Trinajstić information content (AvgIpc) is 2.70. The van der Waals surface area contributed by atoms with Crippen molar-refractivity contribution in [3.05, 3.63) is 48.0 Å². The van der Waals surface area contributed by atoms with E-state index in [2.05, 4.69) is 4.72 Å². The molecule has 11 heteroatoms. The number of nitrogens with zero attached hydrogens (tertiary/aromatic N) is 1. The van der Waals surface area contributed by atoms with Gasteiger partial charge in [0.2, 0.25) is 10.0 Å². The van der Waals surface area contributed by atoms with Gasteiger partial charge in [-0.15, -0.1) is 0 Å². The lowest BCUT2D eigenvalue weighted by Crippen LogP contribution is -2.35. The summed E-state index contributed by atoms with van der Waals surface area (Å²) in [6.45, 7) is 0.743. The molecule has 2 aromatic carbocycles. The Balaban J connectivity index is 1.97. The predicted molar refractivity (Wildman–Crippen MR) is 103 cm³/mol. The molecule has 1 N–H and O–H groups in total. The van der Waals surface area contributed by atoms with Gasteiger partial charge in [-0.25, -0.2) is 25.6 Å². The number of nitrogens with one attached hydrogen (secondary N) is 1. The number of halogens is 2. The fourth-order valence-corrected chi connectivity index (χ4v) is 5.80. The molecule has 0 saturated carbocycles. The summed E-state index contributed by atoms with van der Waals surface area (Å²) in [5, 5.41) is 0. The van der Waals surface area contributed by atoms with E-state index in [1.165, 1.54) is 23.5 Å². The molecular formula is C18H20F2N2O5S2. The van der Waals surface area contributed by atoms with E-state index in [0.717, 1.165) is 31.4 Å². The predicted octanol–water partition coefficient (Wildman–Crippen LogP) is 2.95. The van der Waals surface area contributed by atoms with E-state index < -0.39 is 36.6 Å². The lowest BCUT2D eigenvalue weighted by molar-refractivity contribution is 0.343. The summed E-state index contributed by atoms with van der Waals surface area (Å²) in [7, 11) is -6.85. The van der Waals surface area contributed by atoms with E-state index in [-0.39, 0.29) is 16.3 Å². The molecule has 1 aliphatic heterocycles. The van der Waals surface area contributed by atoms with Crippen LogP contribution in [0.4, 0.5) is 14.5 Å². The van der Waals surface area contributed by atoms with Gasteiger partial charge in [-0.05, 0) is 49.2 Å². The van der Waals surface area contributed by atoms with E-state index in [1.807, 2.05) is 0 Å². The van der Waals surface area contributed by atoms with E-state index in [9.17, 15) is 25.6 Å². The lowest BCUT2D eigenvalue weighted by Gasteiger charge is -2.26. The summed E-state index contributed by atoms with van der Waals surface area (Å²) < 4.78 is 86.2. The van der Waals surface area contributed by atoms with Crippen molar-refractivity contribution in [3.8, 4) is 5.75 Å². The standard InChI is InChI=1S/C18H20F2N2O5S2/c1-27-17-8-5-13(11-18(17)29(25,26)22-9-3-2-4-10-22)21-28(23,24)14-6-7-15(19)16(20)12-14/h5-8,11-12,21H,2-4,9-10H2,1H3. The Morgan fingerprint density at radius 3 is 2.24 bits per heavy atom. The molecule has 0 bridgehead atoms. The molecule has 7 nitrogen and oxygen atoms in total. The third-order valence-electron chi connectivity index (χ3n) is 4.55. The lowest BCUT2D eigenvalue weighted by atomic mass is 10.2. The van der Waals surface area contributed by atoms with Gasteiger partial charge in [0.15, 0.2) is 11.6 Å². The number of methoxy groups -OCH3 is 1. The van der Waals surface area contributed by atoms with Gasteiger partial charge in [-0.1, -0.05) is 6.42 Å². The molecule has 1 fully saturated rings. The van der Waals surface area contributed by atoms with Crippen molar-refractivity contribution < 1.29 is 30.4 Å². The van der Waals surface area contributed by atoms with Crippen LogP contribution in [0.25, 0.3) is 0 Å². The molecule has 0 amide bonds. The molecule has 2 aromatic rings. The van der Waals surface area contributed by atoms with Crippen molar-refractivity contribution in [1.29, 1.82) is 0 Å². The fourth-order valence-electron chi connectivity index (χ4n) is 3.04. The molecule has 0 radical (unpaired) electrons. The maximum Gasteiger partial charge on any atom is 0.261 e. The van der Waals surface area contributed by atoms with Gasteiger partial charge < -0.3 is 4.74 Å². The summed E-state index contributed by atoms with van der Waals surface area (Å²) in [5.74, 6) is -2.41. The van der Waals surface area contributed by atoms with Crippen LogP contribution in [0.15, 0.2) is 46.2 Å². The molecule has 3 rings (SSSR count). The van der Waals surface area contributed by atoms with Crippen LogP contribution in [0.2, 0.25) is 0 Å². The average molecular weight is 446 g/mol. The largest absolute Gasteiger partial charge is 0.495 e.